The molecule has 112 valence electrons. The van der Waals surface area contributed by atoms with Gasteiger partial charge in [-0.3, -0.25) is 0 Å². The minimum Gasteiger partial charge on any atom is -0.489 e. The van der Waals surface area contributed by atoms with Gasteiger partial charge in [0.15, 0.2) is 0 Å². The summed E-state index contributed by atoms with van der Waals surface area (Å²) in [4.78, 5) is -0.301. The summed E-state index contributed by atoms with van der Waals surface area (Å²) < 4.78 is 42.0. The second kappa shape index (κ2) is 5.90. The smallest absolute Gasteiger partial charge is 0.265 e. The van der Waals surface area contributed by atoms with E-state index in [0.717, 1.165) is 25.3 Å². The van der Waals surface area contributed by atoms with Gasteiger partial charge in [-0.05, 0) is 49.3 Å². The molecule has 1 fully saturated rings. The van der Waals surface area contributed by atoms with E-state index in [9.17, 15) is 12.8 Å². The average molecular weight is 321 g/mol. The van der Waals surface area contributed by atoms with Gasteiger partial charge in [0.05, 0.1) is 6.10 Å². The van der Waals surface area contributed by atoms with E-state index in [-0.39, 0.29) is 16.7 Å². The van der Waals surface area contributed by atoms with Crippen molar-refractivity contribution in [3.05, 3.63) is 24.0 Å². The molecular formula is C14H18ClFO3S. The molecule has 6 heteroatoms. The molecule has 0 amide bonds. The topological polar surface area (TPSA) is 43.4 Å². The van der Waals surface area contributed by atoms with Crippen LogP contribution in [0.25, 0.3) is 0 Å². The second-order valence-electron chi connectivity index (χ2n) is 5.69. The molecule has 0 spiro atoms. The van der Waals surface area contributed by atoms with Crippen LogP contribution < -0.4 is 4.74 Å². The molecule has 0 aromatic heterocycles. The first-order valence-electron chi connectivity index (χ1n) is 6.66. The monoisotopic (exact) mass is 320 g/mol. The summed E-state index contributed by atoms with van der Waals surface area (Å²) >= 11 is 0. The van der Waals surface area contributed by atoms with Gasteiger partial charge in [-0.2, -0.15) is 0 Å². The first-order chi connectivity index (χ1) is 9.25. The Hall–Kier alpha value is -0.810. The van der Waals surface area contributed by atoms with Gasteiger partial charge >= 0.3 is 0 Å². The predicted octanol–water partition coefficient (Wildman–Crippen LogP) is 3.96. The molecule has 0 aliphatic heterocycles. The van der Waals surface area contributed by atoms with Crippen molar-refractivity contribution in [2.75, 3.05) is 0 Å². The highest BCUT2D eigenvalue weighted by Crippen LogP contribution is 2.34. The minimum absolute atomic E-state index is 0.0589. The highest BCUT2D eigenvalue weighted by molar-refractivity contribution is 8.13. The van der Waals surface area contributed by atoms with E-state index in [1.54, 1.807) is 0 Å². The number of halogens is 2. The number of hydrogen-bond acceptors (Lipinski definition) is 3. The van der Waals surface area contributed by atoms with Crippen molar-refractivity contribution in [2.45, 2.75) is 44.1 Å². The lowest BCUT2D eigenvalue weighted by molar-refractivity contribution is 0.0982. The van der Waals surface area contributed by atoms with Gasteiger partial charge in [0, 0.05) is 10.7 Å². The third kappa shape index (κ3) is 3.85. The summed E-state index contributed by atoms with van der Waals surface area (Å²) in [5.41, 5.74) is 0. The second-order valence-corrected chi connectivity index (χ2v) is 8.22. The van der Waals surface area contributed by atoms with E-state index in [0.29, 0.717) is 11.8 Å². The molecule has 0 radical (unpaired) electrons. The summed E-state index contributed by atoms with van der Waals surface area (Å²) in [6, 6.07) is 3.40. The van der Waals surface area contributed by atoms with Crippen LogP contribution in [0.1, 0.15) is 33.1 Å². The lowest BCUT2D eigenvalue weighted by Gasteiger charge is -2.32. The Bertz CT molecular complexity index is 578. The van der Waals surface area contributed by atoms with Crippen molar-refractivity contribution < 1.29 is 17.5 Å². The summed E-state index contributed by atoms with van der Waals surface area (Å²) in [5, 5.41) is 0. The highest BCUT2D eigenvalue weighted by Gasteiger charge is 2.27. The number of ether oxygens (including phenoxy) is 1. The molecule has 2 rings (SSSR count). The zero-order valence-corrected chi connectivity index (χ0v) is 13.0. The van der Waals surface area contributed by atoms with E-state index in [1.165, 1.54) is 12.1 Å². The fourth-order valence-electron chi connectivity index (χ4n) is 2.92. The SMILES string of the molecule is CC1CC(C)CC(Oc2ccc(F)cc2S(=O)(=O)Cl)C1. The lowest BCUT2D eigenvalue weighted by atomic mass is 9.82. The van der Waals surface area contributed by atoms with Crippen LogP contribution in [0, 0.1) is 17.7 Å². The standard InChI is InChI=1S/C14H18ClFO3S/c1-9-5-10(2)7-12(6-9)19-13-4-3-11(16)8-14(13)20(15,17)18/h3-4,8-10,12H,5-7H2,1-2H3. The van der Waals surface area contributed by atoms with E-state index in [4.69, 9.17) is 15.4 Å². The molecule has 0 heterocycles. The van der Waals surface area contributed by atoms with Gasteiger partial charge < -0.3 is 4.74 Å². The summed E-state index contributed by atoms with van der Waals surface area (Å²) in [7, 11) is 1.31. The van der Waals surface area contributed by atoms with Crippen LogP contribution in [0.5, 0.6) is 5.75 Å². The Morgan fingerprint density at radius 2 is 1.80 bits per heavy atom. The van der Waals surface area contributed by atoms with Crippen molar-refractivity contribution in [3.63, 3.8) is 0 Å². The third-order valence-corrected chi connectivity index (χ3v) is 4.94. The molecule has 1 aromatic rings. The van der Waals surface area contributed by atoms with Crippen LogP contribution >= 0.6 is 10.7 Å². The molecule has 1 aliphatic carbocycles. The van der Waals surface area contributed by atoms with Crippen molar-refractivity contribution in [1.29, 1.82) is 0 Å². The Balaban J connectivity index is 2.25. The number of benzene rings is 1. The maximum absolute atomic E-state index is 13.2. The molecule has 1 saturated carbocycles. The molecule has 0 N–H and O–H groups in total. The van der Waals surface area contributed by atoms with Crippen LogP contribution in [0.4, 0.5) is 4.39 Å². The van der Waals surface area contributed by atoms with Crippen LogP contribution in [-0.2, 0) is 9.05 Å². The Labute approximate surface area is 123 Å². The van der Waals surface area contributed by atoms with E-state index in [1.807, 2.05) is 0 Å². The maximum Gasteiger partial charge on any atom is 0.265 e. The normalized spacial score (nSPS) is 27.3. The van der Waals surface area contributed by atoms with Gasteiger partial charge in [-0.25, -0.2) is 12.8 Å². The van der Waals surface area contributed by atoms with Crippen molar-refractivity contribution in [1.82, 2.24) is 0 Å². The molecule has 20 heavy (non-hydrogen) atoms. The van der Waals surface area contributed by atoms with Crippen LogP contribution in [0.15, 0.2) is 23.1 Å². The summed E-state index contributed by atoms with van der Waals surface area (Å²) in [6.45, 7) is 4.30. The van der Waals surface area contributed by atoms with Crippen molar-refractivity contribution in [2.24, 2.45) is 11.8 Å². The van der Waals surface area contributed by atoms with E-state index in [2.05, 4.69) is 13.8 Å². The molecule has 2 unspecified atom stereocenters. The quantitative estimate of drug-likeness (QED) is 0.792. The van der Waals surface area contributed by atoms with Crippen LogP contribution in [0.3, 0.4) is 0 Å². The Morgan fingerprint density at radius 1 is 1.20 bits per heavy atom. The predicted molar refractivity (Wildman–Crippen MR) is 76.0 cm³/mol. The summed E-state index contributed by atoms with van der Waals surface area (Å²) in [5.74, 6) is 0.537. The van der Waals surface area contributed by atoms with Crippen LogP contribution in [-0.4, -0.2) is 14.5 Å². The third-order valence-electron chi connectivity index (χ3n) is 3.60. The molecule has 1 aliphatic rings. The average Bonchev–Trinajstić information content (AvgIpc) is 2.28. The van der Waals surface area contributed by atoms with Gasteiger partial charge in [0.1, 0.15) is 16.5 Å². The Morgan fingerprint density at radius 3 is 2.35 bits per heavy atom. The zero-order chi connectivity index (χ0) is 14.9. The first-order valence-corrected chi connectivity index (χ1v) is 8.97. The molecule has 0 bridgehead atoms. The van der Waals surface area contributed by atoms with E-state index >= 15 is 0 Å². The zero-order valence-electron chi connectivity index (χ0n) is 11.5. The lowest BCUT2D eigenvalue weighted by Crippen LogP contribution is -2.28. The Kier molecular flexibility index (Phi) is 4.59. The van der Waals surface area contributed by atoms with Gasteiger partial charge in [-0.1, -0.05) is 13.8 Å². The number of hydrogen-bond donors (Lipinski definition) is 0. The van der Waals surface area contributed by atoms with Gasteiger partial charge in [0.2, 0.25) is 0 Å². The molecule has 0 saturated heterocycles. The van der Waals surface area contributed by atoms with Crippen molar-refractivity contribution in [3.8, 4) is 5.75 Å². The maximum atomic E-state index is 13.2. The highest BCUT2D eigenvalue weighted by atomic mass is 35.7. The number of rotatable bonds is 3. The molecule has 3 nitrogen and oxygen atoms in total. The molecular weight excluding hydrogens is 303 g/mol. The van der Waals surface area contributed by atoms with E-state index < -0.39 is 14.9 Å². The summed E-state index contributed by atoms with van der Waals surface area (Å²) in [6.07, 6.45) is 2.81. The first kappa shape index (κ1) is 15.6. The molecule has 2 atom stereocenters. The van der Waals surface area contributed by atoms with Crippen molar-refractivity contribution >= 4 is 19.7 Å². The molecule has 1 aromatic carbocycles. The fourth-order valence-corrected chi connectivity index (χ4v) is 3.89. The van der Waals surface area contributed by atoms with Gasteiger partial charge in [0.25, 0.3) is 9.05 Å². The largest absolute Gasteiger partial charge is 0.489 e. The minimum atomic E-state index is -4.03. The van der Waals surface area contributed by atoms with Crippen LogP contribution in [0.2, 0.25) is 0 Å². The van der Waals surface area contributed by atoms with Gasteiger partial charge in [-0.15, -0.1) is 0 Å². The fraction of sp³-hybridized carbons (Fsp3) is 0.571.